The lowest BCUT2D eigenvalue weighted by Gasteiger charge is -2.09. The summed E-state index contributed by atoms with van der Waals surface area (Å²) in [6.45, 7) is 2.99. The first-order chi connectivity index (χ1) is 14.3. The molecule has 29 heavy (non-hydrogen) atoms. The molecule has 3 aromatic heterocycles. The van der Waals surface area contributed by atoms with E-state index >= 15 is 0 Å². The van der Waals surface area contributed by atoms with Gasteiger partial charge in [0.1, 0.15) is 11.6 Å². The smallest absolute Gasteiger partial charge is 0.191 e. The number of hydrogen-bond donors (Lipinski definition) is 0. The van der Waals surface area contributed by atoms with E-state index in [-0.39, 0.29) is 0 Å². The third kappa shape index (κ3) is 3.95. The summed E-state index contributed by atoms with van der Waals surface area (Å²) in [7, 11) is 0. The van der Waals surface area contributed by atoms with Gasteiger partial charge < -0.3 is 9.09 Å². The minimum atomic E-state index is 0.764. The van der Waals surface area contributed by atoms with Gasteiger partial charge in [-0.2, -0.15) is 0 Å². The number of rotatable bonds is 7. The van der Waals surface area contributed by atoms with Crippen LogP contribution in [0.15, 0.2) is 38.3 Å². The Labute approximate surface area is 181 Å². The molecule has 4 aromatic rings. The topological polar surface area (TPSA) is 69.6 Å². The van der Waals surface area contributed by atoms with E-state index in [1.54, 1.807) is 34.9 Å². The average Bonchev–Trinajstić information content (AvgIpc) is 3.46. The molecule has 0 N–H and O–H groups in total. The molecule has 0 fully saturated rings. The van der Waals surface area contributed by atoms with Crippen LogP contribution in [0.3, 0.4) is 0 Å². The molecule has 1 aliphatic carbocycles. The number of fused-ring (bicyclic) bond motifs is 2. The van der Waals surface area contributed by atoms with Gasteiger partial charge in [0.2, 0.25) is 0 Å². The SMILES string of the molecule is CCn1c(CSc2nc3ccccc3s2)nnc1SCc1noc2c1CCCC2. The molecule has 0 saturated heterocycles. The van der Waals surface area contributed by atoms with E-state index < -0.39 is 0 Å². The number of hydrogen-bond acceptors (Lipinski definition) is 8. The van der Waals surface area contributed by atoms with Crippen LogP contribution in [0.1, 0.15) is 42.6 Å². The number of benzene rings is 1. The van der Waals surface area contributed by atoms with Gasteiger partial charge in [-0.05, 0) is 38.3 Å². The maximum Gasteiger partial charge on any atom is 0.191 e. The number of thiazole rings is 1. The Morgan fingerprint density at radius 3 is 2.90 bits per heavy atom. The Balaban J connectivity index is 1.27. The van der Waals surface area contributed by atoms with Crippen LogP contribution >= 0.6 is 34.9 Å². The predicted molar refractivity (Wildman–Crippen MR) is 118 cm³/mol. The first-order valence-electron chi connectivity index (χ1n) is 9.81. The highest BCUT2D eigenvalue weighted by Crippen LogP contribution is 2.33. The second-order valence-corrected chi connectivity index (χ2v) is 10.1. The number of para-hydroxylation sites is 1. The number of aryl methyl sites for hydroxylation is 1. The highest BCUT2D eigenvalue weighted by atomic mass is 32.2. The Morgan fingerprint density at radius 2 is 2.00 bits per heavy atom. The van der Waals surface area contributed by atoms with Crippen LogP contribution in [0.2, 0.25) is 0 Å². The van der Waals surface area contributed by atoms with E-state index in [1.807, 2.05) is 6.07 Å². The monoisotopic (exact) mass is 443 g/mol. The lowest BCUT2D eigenvalue weighted by Crippen LogP contribution is -2.03. The highest BCUT2D eigenvalue weighted by molar-refractivity contribution is 8.00. The zero-order valence-corrected chi connectivity index (χ0v) is 18.6. The van der Waals surface area contributed by atoms with E-state index in [1.165, 1.54) is 23.1 Å². The number of aromatic nitrogens is 5. The Hall–Kier alpha value is -1.84. The van der Waals surface area contributed by atoms with Gasteiger partial charge in [0.05, 0.1) is 21.7 Å². The molecule has 1 aromatic carbocycles. The van der Waals surface area contributed by atoms with Gasteiger partial charge in [-0.25, -0.2) is 4.98 Å². The second kappa shape index (κ2) is 8.49. The van der Waals surface area contributed by atoms with E-state index in [0.717, 1.165) is 63.2 Å². The van der Waals surface area contributed by atoms with E-state index in [0.29, 0.717) is 0 Å². The number of thioether (sulfide) groups is 2. The van der Waals surface area contributed by atoms with Crippen molar-refractivity contribution in [3.05, 3.63) is 47.1 Å². The molecule has 3 heterocycles. The molecule has 6 nitrogen and oxygen atoms in total. The van der Waals surface area contributed by atoms with Gasteiger partial charge in [-0.3, -0.25) is 0 Å². The van der Waals surface area contributed by atoms with Gasteiger partial charge >= 0.3 is 0 Å². The van der Waals surface area contributed by atoms with E-state index in [2.05, 4.69) is 45.0 Å². The van der Waals surface area contributed by atoms with Crippen molar-refractivity contribution in [2.24, 2.45) is 0 Å². The molecule has 0 unspecified atom stereocenters. The van der Waals surface area contributed by atoms with Crippen molar-refractivity contribution in [2.75, 3.05) is 0 Å². The van der Waals surface area contributed by atoms with Crippen molar-refractivity contribution < 1.29 is 4.52 Å². The van der Waals surface area contributed by atoms with E-state index in [9.17, 15) is 0 Å². The molecule has 1 aliphatic rings. The van der Waals surface area contributed by atoms with Crippen LogP contribution in [-0.2, 0) is 30.9 Å². The Morgan fingerprint density at radius 1 is 1.10 bits per heavy atom. The molecular weight excluding hydrogens is 422 g/mol. The van der Waals surface area contributed by atoms with Crippen LogP contribution in [0, 0.1) is 0 Å². The summed E-state index contributed by atoms with van der Waals surface area (Å²) in [6, 6.07) is 8.25. The van der Waals surface area contributed by atoms with Crippen molar-refractivity contribution >= 4 is 45.1 Å². The lowest BCUT2D eigenvalue weighted by atomic mass is 9.97. The zero-order valence-electron chi connectivity index (χ0n) is 16.1. The molecule has 5 rings (SSSR count). The minimum Gasteiger partial charge on any atom is -0.361 e. The molecule has 0 radical (unpaired) electrons. The molecule has 0 bridgehead atoms. The summed E-state index contributed by atoms with van der Waals surface area (Å²) in [6.07, 6.45) is 4.53. The summed E-state index contributed by atoms with van der Waals surface area (Å²) in [5, 5.41) is 14.1. The summed E-state index contributed by atoms with van der Waals surface area (Å²) in [5.74, 6) is 3.61. The fourth-order valence-corrected chi connectivity index (χ4v) is 6.57. The van der Waals surface area contributed by atoms with Gasteiger partial charge in [-0.15, -0.1) is 21.5 Å². The quantitative estimate of drug-likeness (QED) is 0.356. The first-order valence-corrected chi connectivity index (χ1v) is 12.6. The number of nitrogens with zero attached hydrogens (tertiary/aromatic N) is 5. The Kier molecular flexibility index (Phi) is 5.61. The molecule has 0 spiro atoms. The molecule has 150 valence electrons. The standard InChI is InChI=1S/C20H21N5OS3/c1-2-25-18(12-28-20-21-14-8-4-6-10-17(14)29-20)22-23-19(25)27-11-15-13-7-3-5-9-16(13)26-24-15/h4,6,8,10H,2-3,5,7,9,11-12H2,1H3. The van der Waals surface area contributed by atoms with Crippen LogP contribution in [0.25, 0.3) is 10.2 Å². The van der Waals surface area contributed by atoms with Crippen molar-refractivity contribution in [3.8, 4) is 0 Å². The molecular formula is C20H21N5OS3. The van der Waals surface area contributed by atoms with Gasteiger partial charge in [0.25, 0.3) is 0 Å². The summed E-state index contributed by atoms with van der Waals surface area (Å²) in [5.41, 5.74) is 3.45. The predicted octanol–water partition coefficient (Wildman–Crippen LogP) is 5.36. The van der Waals surface area contributed by atoms with Crippen LogP contribution < -0.4 is 0 Å². The van der Waals surface area contributed by atoms with Crippen molar-refractivity contribution in [3.63, 3.8) is 0 Å². The maximum absolute atomic E-state index is 5.53. The zero-order chi connectivity index (χ0) is 19.6. The maximum atomic E-state index is 5.53. The molecule has 0 saturated carbocycles. The first kappa shape index (κ1) is 19.1. The molecule has 9 heteroatoms. The van der Waals surface area contributed by atoms with Crippen molar-refractivity contribution in [1.82, 2.24) is 24.9 Å². The lowest BCUT2D eigenvalue weighted by molar-refractivity contribution is 0.369. The van der Waals surface area contributed by atoms with Crippen molar-refractivity contribution in [2.45, 2.75) is 60.2 Å². The highest BCUT2D eigenvalue weighted by Gasteiger charge is 2.20. The van der Waals surface area contributed by atoms with Gasteiger partial charge in [-0.1, -0.05) is 40.8 Å². The molecule has 0 amide bonds. The normalized spacial score (nSPS) is 13.8. The van der Waals surface area contributed by atoms with Crippen LogP contribution in [0.5, 0.6) is 0 Å². The third-order valence-electron chi connectivity index (χ3n) is 5.08. The van der Waals surface area contributed by atoms with Crippen molar-refractivity contribution in [1.29, 1.82) is 0 Å². The minimum absolute atomic E-state index is 0.764. The largest absolute Gasteiger partial charge is 0.361 e. The van der Waals surface area contributed by atoms with Gasteiger partial charge in [0.15, 0.2) is 9.50 Å². The van der Waals surface area contributed by atoms with Gasteiger partial charge in [0, 0.05) is 24.3 Å². The Bertz CT molecular complexity index is 1100. The summed E-state index contributed by atoms with van der Waals surface area (Å²) in [4.78, 5) is 4.70. The summed E-state index contributed by atoms with van der Waals surface area (Å²) < 4.78 is 10.0. The summed E-state index contributed by atoms with van der Waals surface area (Å²) >= 11 is 5.15. The molecule has 0 aliphatic heterocycles. The van der Waals surface area contributed by atoms with Crippen LogP contribution in [-0.4, -0.2) is 24.9 Å². The van der Waals surface area contributed by atoms with E-state index in [4.69, 9.17) is 9.51 Å². The van der Waals surface area contributed by atoms with Crippen LogP contribution in [0.4, 0.5) is 0 Å². The third-order valence-corrected chi connectivity index (χ3v) is 8.23. The molecule has 0 atom stereocenters. The average molecular weight is 444 g/mol. The second-order valence-electron chi connectivity index (χ2n) is 6.91. The fourth-order valence-electron chi connectivity index (χ4n) is 3.58. The fraction of sp³-hybridized carbons (Fsp3) is 0.400.